The Morgan fingerprint density at radius 1 is 1.08 bits per heavy atom. The standard InChI is InChI=1S/C28H31Cl2F3N2O3/c1-3-17(2)38-27(37)34-11-9-20(10-12-34)35-13-8-18(26(35)36)14-22-24(29)15-19(16-25(22)30)21-6-4-5-7-23(21)28(31,32)33/h4-7,15-18,20H,3,8-14H2,1-2H3/t17?,18-/m0/s1. The van der Waals surface area contributed by atoms with Crippen LogP contribution in [0.1, 0.15) is 50.7 Å². The molecule has 2 heterocycles. The molecule has 2 fully saturated rings. The third-order valence-corrected chi connectivity index (χ3v) is 8.20. The lowest BCUT2D eigenvalue weighted by Gasteiger charge is -2.36. The maximum Gasteiger partial charge on any atom is 0.417 e. The van der Waals surface area contributed by atoms with Crippen molar-refractivity contribution in [3.63, 3.8) is 0 Å². The monoisotopic (exact) mass is 570 g/mol. The van der Waals surface area contributed by atoms with E-state index in [4.69, 9.17) is 27.9 Å². The fraction of sp³-hybridized carbons (Fsp3) is 0.500. The van der Waals surface area contributed by atoms with Crippen LogP contribution in [-0.4, -0.2) is 53.6 Å². The third kappa shape index (κ3) is 6.23. The Kier molecular flexibility index (Phi) is 8.82. The van der Waals surface area contributed by atoms with Crippen LogP contribution in [0.25, 0.3) is 11.1 Å². The highest BCUT2D eigenvalue weighted by Crippen LogP contribution is 2.41. The van der Waals surface area contributed by atoms with E-state index in [-0.39, 0.29) is 51.2 Å². The molecule has 0 spiro atoms. The van der Waals surface area contributed by atoms with Gasteiger partial charge >= 0.3 is 12.3 Å². The molecule has 1 unspecified atom stereocenters. The van der Waals surface area contributed by atoms with Gasteiger partial charge in [-0.25, -0.2) is 4.79 Å². The largest absolute Gasteiger partial charge is 0.446 e. The van der Waals surface area contributed by atoms with E-state index in [9.17, 15) is 22.8 Å². The van der Waals surface area contributed by atoms with Crippen molar-refractivity contribution in [2.24, 2.45) is 5.92 Å². The SMILES string of the molecule is CCC(C)OC(=O)N1CCC(N2CC[C@@H](Cc3c(Cl)cc(-c4ccccc4C(F)(F)F)cc3Cl)C2=O)CC1. The summed E-state index contributed by atoms with van der Waals surface area (Å²) in [7, 11) is 0. The van der Waals surface area contributed by atoms with Crippen LogP contribution in [0.15, 0.2) is 36.4 Å². The Labute approximate surface area is 230 Å². The summed E-state index contributed by atoms with van der Waals surface area (Å²) < 4.78 is 45.9. The Hall–Kier alpha value is -2.45. The number of carbonyl (C=O) groups is 2. The van der Waals surface area contributed by atoms with Crippen molar-refractivity contribution >= 4 is 35.2 Å². The van der Waals surface area contributed by atoms with Gasteiger partial charge in [0.05, 0.1) is 5.56 Å². The Morgan fingerprint density at radius 2 is 1.71 bits per heavy atom. The summed E-state index contributed by atoms with van der Waals surface area (Å²) in [5.41, 5.74) is 0.0672. The molecular formula is C28H31Cl2F3N2O3. The maximum atomic E-state index is 13.5. The Morgan fingerprint density at radius 3 is 2.32 bits per heavy atom. The van der Waals surface area contributed by atoms with Crippen LogP contribution in [0, 0.1) is 5.92 Å². The van der Waals surface area contributed by atoms with Crippen LogP contribution in [0.5, 0.6) is 0 Å². The molecule has 2 atom stereocenters. The molecule has 2 amide bonds. The third-order valence-electron chi connectivity index (χ3n) is 7.53. The molecule has 0 bridgehead atoms. The number of hydrogen-bond donors (Lipinski definition) is 0. The summed E-state index contributed by atoms with van der Waals surface area (Å²) in [6.07, 6.45) is -1.88. The highest BCUT2D eigenvalue weighted by Gasteiger charge is 2.39. The fourth-order valence-corrected chi connectivity index (χ4v) is 5.83. The predicted octanol–water partition coefficient (Wildman–Crippen LogP) is 7.47. The Bertz CT molecular complexity index is 1160. The van der Waals surface area contributed by atoms with Gasteiger partial charge < -0.3 is 14.5 Å². The van der Waals surface area contributed by atoms with Crippen molar-refractivity contribution < 1.29 is 27.5 Å². The Balaban J connectivity index is 1.41. The average molecular weight is 571 g/mol. The number of carbonyl (C=O) groups excluding carboxylic acids is 2. The van der Waals surface area contributed by atoms with E-state index in [0.29, 0.717) is 50.9 Å². The molecule has 0 aromatic heterocycles. The smallest absolute Gasteiger partial charge is 0.417 e. The summed E-state index contributed by atoms with van der Waals surface area (Å²) >= 11 is 13.0. The van der Waals surface area contributed by atoms with Crippen molar-refractivity contribution in [1.29, 1.82) is 0 Å². The zero-order valence-electron chi connectivity index (χ0n) is 21.4. The molecule has 2 aliphatic heterocycles. The van der Waals surface area contributed by atoms with Crippen molar-refractivity contribution in [2.45, 2.75) is 64.3 Å². The van der Waals surface area contributed by atoms with Gasteiger partial charge in [-0.05, 0) is 73.9 Å². The van der Waals surface area contributed by atoms with Crippen LogP contribution in [0.2, 0.25) is 10.0 Å². The molecule has 0 radical (unpaired) electrons. The topological polar surface area (TPSA) is 49.9 Å². The van der Waals surface area contributed by atoms with Crippen LogP contribution < -0.4 is 0 Å². The quantitative estimate of drug-likeness (QED) is 0.362. The summed E-state index contributed by atoms with van der Waals surface area (Å²) in [4.78, 5) is 29.2. The van der Waals surface area contributed by atoms with Gasteiger partial charge in [-0.15, -0.1) is 0 Å². The van der Waals surface area contributed by atoms with Gasteiger partial charge in [-0.1, -0.05) is 48.3 Å². The van der Waals surface area contributed by atoms with Crippen molar-refractivity contribution in [3.05, 3.63) is 57.6 Å². The number of rotatable bonds is 6. The molecule has 2 aromatic rings. The minimum atomic E-state index is -4.52. The normalized spacial score (nSPS) is 19.7. The first-order valence-electron chi connectivity index (χ1n) is 12.9. The van der Waals surface area contributed by atoms with Crippen LogP contribution in [0.4, 0.5) is 18.0 Å². The zero-order valence-corrected chi connectivity index (χ0v) is 22.9. The lowest BCUT2D eigenvalue weighted by atomic mass is 9.94. The molecule has 2 aromatic carbocycles. The minimum absolute atomic E-state index is 0.00200. The second kappa shape index (κ2) is 11.7. The lowest BCUT2D eigenvalue weighted by Crippen LogP contribution is -2.48. The summed E-state index contributed by atoms with van der Waals surface area (Å²) in [6.45, 7) is 5.50. The number of alkyl halides is 3. The molecule has 38 heavy (non-hydrogen) atoms. The maximum absolute atomic E-state index is 13.5. The molecule has 5 nitrogen and oxygen atoms in total. The second-order valence-electron chi connectivity index (χ2n) is 10.0. The molecule has 206 valence electrons. The van der Waals surface area contributed by atoms with E-state index in [2.05, 4.69) is 0 Å². The van der Waals surface area contributed by atoms with Crippen LogP contribution in [0.3, 0.4) is 0 Å². The van der Waals surface area contributed by atoms with Crippen molar-refractivity contribution in [1.82, 2.24) is 9.80 Å². The number of nitrogens with zero attached hydrogens (tertiary/aromatic N) is 2. The van der Waals surface area contributed by atoms with E-state index in [1.807, 2.05) is 18.7 Å². The summed E-state index contributed by atoms with van der Waals surface area (Å²) in [5.74, 6) is -0.295. The number of benzene rings is 2. The van der Waals surface area contributed by atoms with E-state index < -0.39 is 11.7 Å². The zero-order chi connectivity index (χ0) is 27.6. The number of hydrogen-bond acceptors (Lipinski definition) is 3. The first-order chi connectivity index (χ1) is 18.0. The highest BCUT2D eigenvalue weighted by molar-refractivity contribution is 6.36. The molecule has 0 saturated carbocycles. The molecule has 4 rings (SSSR count). The molecular weight excluding hydrogens is 540 g/mol. The summed E-state index contributed by atoms with van der Waals surface area (Å²) in [5, 5.41) is 0.479. The summed E-state index contributed by atoms with van der Waals surface area (Å²) in [6, 6.07) is 8.30. The number of ether oxygens (including phenoxy) is 1. The highest BCUT2D eigenvalue weighted by atomic mass is 35.5. The van der Waals surface area contributed by atoms with Gasteiger partial charge in [0, 0.05) is 41.6 Å². The van der Waals surface area contributed by atoms with Gasteiger partial charge in [0.25, 0.3) is 0 Å². The van der Waals surface area contributed by atoms with Gasteiger partial charge in [-0.3, -0.25) is 4.79 Å². The van der Waals surface area contributed by atoms with E-state index in [1.165, 1.54) is 30.3 Å². The van der Waals surface area contributed by atoms with E-state index >= 15 is 0 Å². The predicted molar refractivity (Wildman–Crippen MR) is 141 cm³/mol. The molecule has 0 aliphatic carbocycles. The first kappa shape index (κ1) is 28.6. The van der Waals surface area contributed by atoms with Gasteiger partial charge in [0.1, 0.15) is 6.10 Å². The number of amides is 2. The van der Waals surface area contributed by atoms with Crippen LogP contribution in [-0.2, 0) is 22.1 Å². The number of piperidine rings is 1. The molecule has 2 aliphatic rings. The van der Waals surface area contributed by atoms with E-state index in [1.54, 1.807) is 4.90 Å². The lowest BCUT2D eigenvalue weighted by molar-refractivity contribution is -0.137. The van der Waals surface area contributed by atoms with Gasteiger partial charge in [-0.2, -0.15) is 13.2 Å². The molecule has 2 saturated heterocycles. The van der Waals surface area contributed by atoms with Crippen molar-refractivity contribution in [2.75, 3.05) is 19.6 Å². The number of likely N-dealkylation sites (tertiary alicyclic amines) is 2. The van der Waals surface area contributed by atoms with Crippen molar-refractivity contribution in [3.8, 4) is 11.1 Å². The molecule has 10 heteroatoms. The average Bonchev–Trinajstić information content (AvgIpc) is 3.25. The van der Waals surface area contributed by atoms with E-state index in [0.717, 1.165) is 12.5 Å². The fourth-order valence-electron chi connectivity index (χ4n) is 5.19. The molecule has 0 N–H and O–H groups in total. The first-order valence-corrected chi connectivity index (χ1v) is 13.7. The minimum Gasteiger partial charge on any atom is -0.446 e. The number of halogens is 5. The van der Waals surface area contributed by atoms with Gasteiger partial charge in [0.2, 0.25) is 5.91 Å². The van der Waals surface area contributed by atoms with Gasteiger partial charge in [0.15, 0.2) is 0 Å². The second-order valence-corrected chi connectivity index (χ2v) is 10.8. The van der Waals surface area contributed by atoms with Crippen LogP contribution >= 0.6 is 23.2 Å².